The average molecular weight is 256 g/mol. The van der Waals surface area contributed by atoms with Gasteiger partial charge in [0, 0.05) is 0 Å². The highest BCUT2D eigenvalue weighted by Gasteiger charge is 2.80. The average Bonchev–Trinajstić information content (AvgIpc) is 2.60. The van der Waals surface area contributed by atoms with Crippen molar-refractivity contribution in [2.24, 2.45) is 0 Å². The first-order valence-corrected chi connectivity index (χ1v) is 5.90. The first-order chi connectivity index (χ1) is 7.33. The molecule has 2 unspecified atom stereocenters. The molecule has 10 heteroatoms. The number of rotatable bonds is 1. The molecule has 3 aliphatic rings. The maximum absolute atomic E-state index is 11.5. The highest BCUT2D eigenvalue weighted by molar-refractivity contribution is 7.49. The van der Waals surface area contributed by atoms with Crippen molar-refractivity contribution in [3.63, 3.8) is 0 Å². The number of ether oxygens (including phenoxy) is 1. The normalized spacial score (nSPS) is 63.9. The summed E-state index contributed by atoms with van der Waals surface area (Å²) < 4.78 is 30.1. The number of phosphoric acid groups is 1. The molecule has 0 aromatic carbocycles. The molecular formula is C6H9O9P. The van der Waals surface area contributed by atoms with Gasteiger partial charge in [-0.05, 0) is 0 Å². The van der Waals surface area contributed by atoms with Crippen LogP contribution in [0, 0.1) is 0 Å². The van der Waals surface area contributed by atoms with Crippen LogP contribution in [-0.2, 0) is 22.9 Å². The molecule has 9 nitrogen and oxygen atoms in total. The number of aliphatic hydroxyl groups is 4. The van der Waals surface area contributed by atoms with E-state index in [1.54, 1.807) is 0 Å². The molecule has 3 fully saturated rings. The van der Waals surface area contributed by atoms with Gasteiger partial charge in [-0.3, -0.25) is 4.52 Å². The molecule has 0 aromatic rings. The van der Waals surface area contributed by atoms with Crippen LogP contribution in [0.15, 0.2) is 0 Å². The Kier molecular flexibility index (Phi) is 1.95. The third kappa shape index (κ3) is 1.10. The van der Waals surface area contributed by atoms with Crippen molar-refractivity contribution >= 4 is 7.82 Å². The first kappa shape index (κ1) is 11.0. The van der Waals surface area contributed by atoms with Crippen molar-refractivity contribution in [1.29, 1.82) is 0 Å². The topological polar surface area (TPSA) is 135 Å². The molecule has 3 aliphatic heterocycles. The maximum atomic E-state index is 11.5. The minimum absolute atomic E-state index is 0.699. The van der Waals surface area contributed by atoms with Crippen LogP contribution in [-0.4, -0.2) is 57.1 Å². The van der Waals surface area contributed by atoms with Crippen molar-refractivity contribution in [1.82, 2.24) is 0 Å². The van der Waals surface area contributed by atoms with Gasteiger partial charge in [-0.2, -0.15) is 0 Å². The minimum atomic E-state index is -4.13. The number of hydrogen-bond acceptors (Lipinski definition) is 9. The van der Waals surface area contributed by atoms with E-state index in [0.29, 0.717) is 0 Å². The summed E-state index contributed by atoms with van der Waals surface area (Å²) in [5, 5.41) is 38.2. The molecule has 92 valence electrons. The molecule has 0 radical (unpaired) electrons. The predicted molar refractivity (Wildman–Crippen MR) is 42.5 cm³/mol. The van der Waals surface area contributed by atoms with Crippen LogP contribution in [0.5, 0.6) is 0 Å². The molecule has 0 aromatic heterocycles. The molecule has 0 aliphatic carbocycles. The summed E-state index contributed by atoms with van der Waals surface area (Å²) in [5.74, 6) is -4.91. The smallest absolute Gasteiger partial charge is 0.394 e. The van der Waals surface area contributed by atoms with E-state index in [9.17, 15) is 19.9 Å². The highest BCUT2D eigenvalue weighted by Crippen LogP contribution is 2.72. The van der Waals surface area contributed by atoms with Crippen LogP contribution in [0.1, 0.15) is 0 Å². The summed E-state index contributed by atoms with van der Waals surface area (Å²) in [6.45, 7) is -0.699. The lowest BCUT2D eigenvalue weighted by atomic mass is 9.94. The number of aliphatic hydroxyl groups excluding tert-OH is 2. The van der Waals surface area contributed by atoms with Crippen molar-refractivity contribution in [2.75, 3.05) is 6.61 Å². The van der Waals surface area contributed by atoms with Gasteiger partial charge in [-0.25, -0.2) is 13.6 Å². The van der Waals surface area contributed by atoms with Crippen LogP contribution in [0.4, 0.5) is 0 Å². The molecule has 0 saturated carbocycles. The second kappa shape index (κ2) is 2.83. The van der Waals surface area contributed by atoms with E-state index in [0.717, 1.165) is 0 Å². The molecule has 3 heterocycles. The second-order valence-corrected chi connectivity index (χ2v) is 5.25. The Morgan fingerprint density at radius 2 is 2.00 bits per heavy atom. The lowest BCUT2D eigenvalue weighted by molar-refractivity contribution is -0.451. The van der Waals surface area contributed by atoms with Gasteiger partial charge in [0.05, 0.1) is 6.61 Å². The van der Waals surface area contributed by atoms with Crippen molar-refractivity contribution in [3.8, 4) is 0 Å². The zero-order valence-electron chi connectivity index (χ0n) is 7.72. The van der Waals surface area contributed by atoms with E-state index >= 15 is 0 Å². The van der Waals surface area contributed by atoms with Gasteiger partial charge in [0.25, 0.3) is 0 Å². The molecule has 3 saturated heterocycles. The van der Waals surface area contributed by atoms with Crippen LogP contribution < -0.4 is 0 Å². The van der Waals surface area contributed by atoms with E-state index in [1.165, 1.54) is 0 Å². The molecule has 2 bridgehead atoms. The van der Waals surface area contributed by atoms with Crippen LogP contribution in [0.2, 0.25) is 0 Å². The first-order valence-electron chi connectivity index (χ1n) is 4.44. The molecule has 4 N–H and O–H groups in total. The summed E-state index contributed by atoms with van der Waals surface area (Å²) >= 11 is 0. The summed E-state index contributed by atoms with van der Waals surface area (Å²) in [5.41, 5.74) is 0. The Labute approximate surface area is 88.7 Å². The van der Waals surface area contributed by atoms with Gasteiger partial charge in [0.15, 0.2) is 0 Å². The van der Waals surface area contributed by atoms with Gasteiger partial charge < -0.3 is 25.2 Å². The Morgan fingerprint density at radius 3 is 2.56 bits per heavy atom. The molecule has 3 rings (SSSR count). The fraction of sp³-hybridized carbons (Fsp3) is 1.00. The zero-order valence-corrected chi connectivity index (χ0v) is 8.61. The molecule has 16 heavy (non-hydrogen) atoms. The maximum Gasteiger partial charge on any atom is 0.482 e. The van der Waals surface area contributed by atoms with Crippen LogP contribution in [0.3, 0.4) is 0 Å². The Morgan fingerprint density at radius 1 is 1.31 bits per heavy atom. The second-order valence-electron chi connectivity index (χ2n) is 3.78. The van der Waals surface area contributed by atoms with Crippen LogP contribution >= 0.6 is 7.82 Å². The van der Waals surface area contributed by atoms with Crippen molar-refractivity contribution in [2.45, 2.75) is 30.1 Å². The molecule has 0 amide bonds. The summed E-state index contributed by atoms with van der Waals surface area (Å²) in [6, 6.07) is 0. The quantitative estimate of drug-likeness (QED) is 0.379. The fourth-order valence-corrected chi connectivity index (χ4v) is 3.69. The Hall–Kier alpha value is -0.0900. The van der Waals surface area contributed by atoms with Gasteiger partial charge in [0.2, 0.25) is 11.9 Å². The fourth-order valence-electron chi connectivity index (χ4n) is 2.01. The standard InChI is InChI=1S/C6H9O9P/c7-1-2-3(8)5(9)4-6(10,12-2)15-16(11,13-4)14-5/h2-4,7-10H,1H2/t2-,3-,4-,5+,6?,16?/m1/s1. The predicted octanol–water partition coefficient (Wildman–Crippen LogP) is -2.37. The molecule has 0 spiro atoms. The Bertz CT molecular complexity index is 386. The largest absolute Gasteiger partial charge is 0.482 e. The van der Waals surface area contributed by atoms with E-state index in [2.05, 4.69) is 13.6 Å². The van der Waals surface area contributed by atoms with Gasteiger partial charge >= 0.3 is 13.8 Å². The van der Waals surface area contributed by atoms with E-state index in [4.69, 9.17) is 9.84 Å². The monoisotopic (exact) mass is 256 g/mol. The zero-order chi connectivity index (χ0) is 11.8. The van der Waals surface area contributed by atoms with Crippen molar-refractivity contribution < 1.29 is 43.3 Å². The third-order valence-corrected chi connectivity index (χ3v) is 4.19. The summed E-state index contributed by atoms with van der Waals surface area (Å²) in [4.78, 5) is 0. The lowest BCUT2D eigenvalue weighted by Gasteiger charge is -2.47. The van der Waals surface area contributed by atoms with E-state index < -0.39 is 44.5 Å². The lowest BCUT2D eigenvalue weighted by Crippen LogP contribution is -2.71. The summed E-state index contributed by atoms with van der Waals surface area (Å²) in [7, 11) is -4.13. The Balaban J connectivity index is 2.06. The van der Waals surface area contributed by atoms with Crippen molar-refractivity contribution in [3.05, 3.63) is 0 Å². The van der Waals surface area contributed by atoms with Crippen LogP contribution in [0.25, 0.3) is 0 Å². The minimum Gasteiger partial charge on any atom is -0.394 e. The number of fused-ring (bicyclic) bond motifs is 1. The molecule has 6 atom stereocenters. The van der Waals surface area contributed by atoms with Gasteiger partial charge in [0.1, 0.15) is 12.2 Å². The van der Waals surface area contributed by atoms with Gasteiger partial charge in [-0.1, -0.05) is 0 Å². The number of hydrogen-bond donors (Lipinski definition) is 4. The summed E-state index contributed by atoms with van der Waals surface area (Å²) in [6.07, 6.45) is -4.71. The number of phosphoric ester groups is 1. The van der Waals surface area contributed by atoms with E-state index in [-0.39, 0.29) is 0 Å². The SMILES string of the molecule is O=P12O[C@H]3C(O)(O[C@H](CO)[C@@H](O)[C@]3(O)O1)O2. The third-order valence-electron chi connectivity index (χ3n) is 2.72. The van der Waals surface area contributed by atoms with E-state index in [1.807, 2.05) is 0 Å². The van der Waals surface area contributed by atoms with Gasteiger partial charge in [-0.15, -0.1) is 0 Å². The highest BCUT2D eigenvalue weighted by atomic mass is 31.2. The molecular weight excluding hydrogens is 247 g/mol.